The van der Waals surface area contributed by atoms with Crippen molar-refractivity contribution in [2.45, 2.75) is 31.2 Å². The molecule has 0 radical (unpaired) electrons. The van der Waals surface area contributed by atoms with Crippen LogP contribution in [0, 0.1) is 0 Å². The molecule has 1 atom stereocenters. The zero-order chi connectivity index (χ0) is 14.1. The van der Waals surface area contributed by atoms with Crippen molar-refractivity contribution in [3.63, 3.8) is 0 Å². The minimum Gasteiger partial charge on any atom is -0.465 e. The average Bonchev–Trinajstić information content (AvgIpc) is 2.40. The van der Waals surface area contributed by atoms with Gasteiger partial charge in [0.25, 0.3) is 0 Å². The highest BCUT2D eigenvalue weighted by atomic mass is 79.9. The first-order valence-electron chi connectivity index (χ1n) is 6.45. The number of carbonyl (C=O) groups is 1. The van der Waals surface area contributed by atoms with Crippen LogP contribution in [0.5, 0.6) is 0 Å². The van der Waals surface area contributed by atoms with E-state index in [0.717, 1.165) is 23.2 Å². The predicted octanol–water partition coefficient (Wildman–Crippen LogP) is 3.47. The van der Waals surface area contributed by atoms with E-state index in [0.29, 0.717) is 6.61 Å². The summed E-state index contributed by atoms with van der Waals surface area (Å²) in [6.07, 6.45) is 0.771. The van der Waals surface area contributed by atoms with Gasteiger partial charge >= 0.3 is 5.97 Å². The molecule has 0 aliphatic carbocycles. The lowest BCUT2D eigenvalue weighted by atomic mass is 10.2. The van der Waals surface area contributed by atoms with Gasteiger partial charge in [0.1, 0.15) is 6.04 Å². The predicted molar refractivity (Wildman–Crippen MR) is 83.6 cm³/mol. The van der Waals surface area contributed by atoms with Crippen molar-refractivity contribution >= 4 is 33.7 Å². The summed E-state index contributed by atoms with van der Waals surface area (Å²) in [6, 6.07) is 7.99. The first-order chi connectivity index (χ1) is 9.17. The van der Waals surface area contributed by atoms with Gasteiger partial charge in [0.15, 0.2) is 0 Å². The number of nitrogens with one attached hydrogen (secondary N) is 1. The summed E-state index contributed by atoms with van der Waals surface area (Å²) in [5, 5.41) is 3.17. The van der Waals surface area contributed by atoms with Crippen LogP contribution in [0.3, 0.4) is 0 Å². The van der Waals surface area contributed by atoms with Crippen LogP contribution in [0.25, 0.3) is 0 Å². The fourth-order valence-corrected chi connectivity index (χ4v) is 2.80. The Balaban J connectivity index is 2.39. The Morgan fingerprint density at radius 1 is 1.37 bits per heavy atom. The maximum absolute atomic E-state index is 11.7. The van der Waals surface area contributed by atoms with Gasteiger partial charge < -0.3 is 10.1 Å². The normalized spacial score (nSPS) is 12.2. The lowest BCUT2D eigenvalue weighted by Crippen LogP contribution is -2.38. The number of ether oxygens (including phenoxy) is 1. The summed E-state index contributed by atoms with van der Waals surface area (Å²) in [7, 11) is 0. The maximum Gasteiger partial charge on any atom is 0.323 e. The highest BCUT2D eigenvalue weighted by molar-refractivity contribution is 9.10. The zero-order valence-corrected chi connectivity index (χ0v) is 13.7. The number of likely N-dealkylation sites (N-methyl/N-ethyl adjacent to an activating group) is 1. The number of benzene rings is 1. The van der Waals surface area contributed by atoms with Crippen molar-refractivity contribution in [2.24, 2.45) is 0 Å². The highest BCUT2D eigenvalue weighted by Crippen LogP contribution is 2.21. The van der Waals surface area contributed by atoms with Gasteiger partial charge in [-0.05, 0) is 44.2 Å². The van der Waals surface area contributed by atoms with E-state index >= 15 is 0 Å². The topological polar surface area (TPSA) is 38.3 Å². The third-order valence-corrected chi connectivity index (χ3v) is 4.08. The van der Waals surface area contributed by atoms with E-state index in [2.05, 4.69) is 33.4 Å². The molecule has 0 fully saturated rings. The molecule has 0 heterocycles. The number of halogens is 1. The van der Waals surface area contributed by atoms with Crippen LogP contribution in [0.2, 0.25) is 0 Å². The molecule has 1 aromatic rings. The number of thioether (sulfide) groups is 1. The second-order valence-corrected chi connectivity index (χ2v) is 6.04. The number of hydrogen-bond donors (Lipinski definition) is 1. The molecule has 3 nitrogen and oxygen atoms in total. The highest BCUT2D eigenvalue weighted by Gasteiger charge is 2.17. The van der Waals surface area contributed by atoms with Crippen molar-refractivity contribution in [2.75, 3.05) is 18.9 Å². The molecule has 106 valence electrons. The summed E-state index contributed by atoms with van der Waals surface area (Å²) in [5.41, 5.74) is 0. The van der Waals surface area contributed by atoms with Gasteiger partial charge in [-0.2, -0.15) is 0 Å². The van der Waals surface area contributed by atoms with Crippen LogP contribution in [0.4, 0.5) is 0 Å². The zero-order valence-electron chi connectivity index (χ0n) is 11.3. The number of esters is 1. The van der Waals surface area contributed by atoms with Gasteiger partial charge in [0.05, 0.1) is 6.61 Å². The minimum atomic E-state index is -0.201. The molecule has 1 unspecified atom stereocenters. The molecule has 1 aromatic carbocycles. The fourth-order valence-electron chi connectivity index (χ4n) is 1.62. The van der Waals surface area contributed by atoms with Crippen molar-refractivity contribution in [3.05, 3.63) is 28.7 Å². The molecule has 5 heteroatoms. The average molecular weight is 346 g/mol. The lowest BCUT2D eigenvalue weighted by Gasteiger charge is -2.15. The summed E-state index contributed by atoms with van der Waals surface area (Å²) >= 11 is 5.16. The van der Waals surface area contributed by atoms with E-state index in [1.165, 1.54) is 4.90 Å². The first kappa shape index (κ1) is 16.5. The van der Waals surface area contributed by atoms with Gasteiger partial charge in [-0.25, -0.2) is 0 Å². The van der Waals surface area contributed by atoms with E-state index in [4.69, 9.17) is 4.74 Å². The van der Waals surface area contributed by atoms with Crippen LogP contribution < -0.4 is 5.32 Å². The summed E-state index contributed by atoms with van der Waals surface area (Å²) < 4.78 is 6.14. The van der Waals surface area contributed by atoms with E-state index in [-0.39, 0.29) is 12.0 Å². The first-order valence-corrected chi connectivity index (χ1v) is 8.23. The van der Waals surface area contributed by atoms with Crippen LogP contribution in [-0.2, 0) is 9.53 Å². The van der Waals surface area contributed by atoms with Gasteiger partial charge in [0.2, 0.25) is 0 Å². The Kier molecular flexibility index (Phi) is 8.18. The second kappa shape index (κ2) is 9.39. The van der Waals surface area contributed by atoms with E-state index in [1.807, 2.05) is 26.0 Å². The summed E-state index contributed by atoms with van der Waals surface area (Å²) in [5.74, 6) is 0.735. The molecule has 1 N–H and O–H groups in total. The number of hydrogen-bond acceptors (Lipinski definition) is 4. The Bertz CT molecular complexity index is 384. The van der Waals surface area contributed by atoms with Crippen LogP contribution >= 0.6 is 27.7 Å². The Hall–Kier alpha value is -0.520. The van der Waals surface area contributed by atoms with Crippen LogP contribution in [-0.4, -0.2) is 30.9 Å². The molecular formula is C14H20BrNO2S. The maximum atomic E-state index is 11.7. The number of rotatable bonds is 8. The molecule has 0 aliphatic heterocycles. The Labute approximate surface area is 127 Å². The summed E-state index contributed by atoms with van der Waals surface area (Å²) in [6.45, 7) is 5.03. The molecular weight excluding hydrogens is 326 g/mol. The van der Waals surface area contributed by atoms with Gasteiger partial charge in [-0.15, -0.1) is 11.8 Å². The van der Waals surface area contributed by atoms with Crippen LogP contribution in [0.15, 0.2) is 33.6 Å². The quantitative estimate of drug-likeness (QED) is 0.578. The second-order valence-electron chi connectivity index (χ2n) is 3.95. The lowest BCUT2D eigenvalue weighted by molar-refractivity contribution is -0.145. The SMILES string of the molecule is CCNC(CCSc1ccc(Br)cc1)C(=O)OCC. The molecule has 0 amide bonds. The van der Waals surface area contributed by atoms with Gasteiger partial charge in [0, 0.05) is 15.1 Å². The van der Waals surface area contributed by atoms with E-state index in [9.17, 15) is 4.79 Å². The molecule has 0 spiro atoms. The molecule has 1 rings (SSSR count). The monoisotopic (exact) mass is 345 g/mol. The van der Waals surface area contributed by atoms with Crippen LogP contribution in [0.1, 0.15) is 20.3 Å². The third kappa shape index (κ3) is 6.45. The van der Waals surface area contributed by atoms with Gasteiger partial charge in [-0.3, -0.25) is 4.79 Å². The van der Waals surface area contributed by atoms with Crippen molar-refractivity contribution in [1.29, 1.82) is 0 Å². The molecule has 0 aromatic heterocycles. The smallest absolute Gasteiger partial charge is 0.323 e. The molecule has 19 heavy (non-hydrogen) atoms. The number of carbonyl (C=O) groups excluding carboxylic acids is 1. The van der Waals surface area contributed by atoms with Crippen molar-refractivity contribution < 1.29 is 9.53 Å². The van der Waals surface area contributed by atoms with Gasteiger partial charge in [-0.1, -0.05) is 22.9 Å². The molecule has 0 saturated heterocycles. The van der Waals surface area contributed by atoms with Crippen molar-refractivity contribution in [3.8, 4) is 0 Å². The molecule has 0 bridgehead atoms. The third-order valence-electron chi connectivity index (χ3n) is 2.51. The van der Waals surface area contributed by atoms with Crippen molar-refractivity contribution in [1.82, 2.24) is 5.32 Å². The fraction of sp³-hybridized carbons (Fsp3) is 0.500. The minimum absolute atomic E-state index is 0.152. The Morgan fingerprint density at radius 2 is 2.05 bits per heavy atom. The standard InChI is InChI=1S/C14H20BrNO2S/c1-3-16-13(14(17)18-4-2)9-10-19-12-7-5-11(15)6-8-12/h5-8,13,16H,3-4,9-10H2,1-2H3. The van der Waals surface area contributed by atoms with E-state index in [1.54, 1.807) is 11.8 Å². The molecule has 0 aliphatic rings. The Morgan fingerprint density at radius 3 is 2.63 bits per heavy atom. The largest absolute Gasteiger partial charge is 0.465 e. The van der Waals surface area contributed by atoms with E-state index < -0.39 is 0 Å². The summed E-state index contributed by atoms with van der Waals surface area (Å²) in [4.78, 5) is 12.9. The molecule has 0 saturated carbocycles.